The van der Waals surface area contributed by atoms with Crippen molar-refractivity contribution in [3.05, 3.63) is 33.2 Å². The Labute approximate surface area is 174 Å². The predicted molar refractivity (Wildman–Crippen MR) is 105 cm³/mol. The Morgan fingerprint density at radius 2 is 1.97 bits per heavy atom. The zero-order valence-corrected chi connectivity index (χ0v) is 18.8. The molecule has 11 heteroatoms. The third kappa shape index (κ3) is 4.84. The van der Waals surface area contributed by atoms with Gasteiger partial charge in [0.05, 0.1) is 28.5 Å². The van der Waals surface area contributed by atoms with Crippen LogP contribution in [-0.4, -0.2) is 51.7 Å². The molecule has 1 aliphatic heterocycles. The highest BCUT2D eigenvalue weighted by Gasteiger charge is 2.50. The average molecular weight is 453 g/mol. The van der Waals surface area contributed by atoms with E-state index in [1.54, 1.807) is 27.7 Å². The van der Waals surface area contributed by atoms with Gasteiger partial charge in [-0.15, -0.1) is 0 Å². The summed E-state index contributed by atoms with van der Waals surface area (Å²) in [4.78, 5) is 23.7. The number of H-pyrrole nitrogens is 1. The zero-order valence-electron chi connectivity index (χ0n) is 17.9. The van der Waals surface area contributed by atoms with Crippen LogP contribution in [0.25, 0.3) is 0 Å². The molecule has 0 amide bonds. The molecule has 6 atom stereocenters. The molecule has 1 aliphatic rings. The SMILES string of the molecule is CCC(C)(CC1OC(c2c(F)[nH]c(=O)c(C)c2F)C(OC)C1O)OP(=O)(O)C(C)C. The number of halogens is 2. The van der Waals surface area contributed by atoms with Crippen LogP contribution in [0.2, 0.25) is 0 Å². The molecule has 1 saturated heterocycles. The summed E-state index contributed by atoms with van der Waals surface area (Å²) in [5.74, 6) is -2.29. The lowest BCUT2D eigenvalue weighted by molar-refractivity contribution is -0.0483. The van der Waals surface area contributed by atoms with Crippen LogP contribution in [0.3, 0.4) is 0 Å². The average Bonchev–Trinajstić information content (AvgIpc) is 2.94. The van der Waals surface area contributed by atoms with Crippen molar-refractivity contribution >= 4 is 7.60 Å². The second-order valence-electron chi connectivity index (χ2n) is 8.16. The maximum absolute atomic E-state index is 14.7. The van der Waals surface area contributed by atoms with Gasteiger partial charge < -0.3 is 24.0 Å². The summed E-state index contributed by atoms with van der Waals surface area (Å²) in [6.07, 6.45) is -4.46. The number of ether oxygens (including phenoxy) is 2. The molecule has 2 rings (SSSR count). The number of nitrogens with one attached hydrogen (secondary N) is 1. The number of aromatic nitrogens is 1. The van der Waals surface area contributed by atoms with Crippen molar-refractivity contribution in [3.63, 3.8) is 0 Å². The first-order valence-corrected chi connectivity index (χ1v) is 11.4. The van der Waals surface area contributed by atoms with Gasteiger partial charge in [-0.2, -0.15) is 4.39 Å². The minimum atomic E-state index is -3.93. The molecular formula is C19H30F2NO7P. The van der Waals surface area contributed by atoms with Gasteiger partial charge in [0.1, 0.15) is 24.1 Å². The van der Waals surface area contributed by atoms with Crippen LogP contribution in [0.4, 0.5) is 8.78 Å². The van der Waals surface area contributed by atoms with Crippen molar-refractivity contribution in [1.29, 1.82) is 0 Å². The first kappa shape index (κ1) is 25.1. The fourth-order valence-corrected chi connectivity index (χ4v) is 4.45. The number of methoxy groups -OCH3 is 1. The summed E-state index contributed by atoms with van der Waals surface area (Å²) in [7, 11) is -2.67. The lowest BCUT2D eigenvalue weighted by Crippen LogP contribution is -2.39. The van der Waals surface area contributed by atoms with Gasteiger partial charge in [0.25, 0.3) is 5.56 Å². The summed E-state index contributed by atoms with van der Waals surface area (Å²) in [6, 6.07) is 0. The summed E-state index contributed by atoms with van der Waals surface area (Å²) in [5.41, 5.74) is -3.55. The van der Waals surface area contributed by atoms with Gasteiger partial charge in [0.2, 0.25) is 5.95 Å². The van der Waals surface area contributed by atoms with E-state index in [1.807, 2.05) is 4.98 Å². The van der Waals surface area contributed by atoms with Gasteiger partial charge in [-0.05, 0) is 20.3 Å². The van der Waals surface area contributed by atoms with E-state index in [4.69, 9.17) is 14.0 Å². The van der Waals surface area contributed by atoms with Crippen molar-refractivity contribution in [2.24, 2.45) is 0 Å². The Morgan fingerprint density at radius 3 is 2.47 bits per heavy atom. The van der Waals surface area contributed by atoms with Crippen molar-refractivity contribution < 1.29 is 37.3 Å². The molecular weight excluding hydrogens is 423 g/mol. The number of hydrogen-bond donors (Lipinski definition) is 3. The van der Waals surface area contributed by atoms with Gasteiger partial charge in [-0.1, -0.05) is 20.8 Å². The standard InChI is InChI=1S/C19H30F2NO7P/c1-7-19(5,29-30(25,26)9(2)3)8-11-14(23)16(27-6)15(28-11)12-13(20)10(4)18(24)22-17(12)21/h9,11,14-16,23H,7-8H2,1-6H3,(H,22,24)(H,25,26). The summed E-state index contributed by atoms with van der Waals surface area (Å²) in [5, 5.41) is 10.7. The summed E-state index contributed by atoms with van der Waals surface area (Å²) < 4.78 is 58.0. The monoisotopic (exact) mass is 453 g/mol. The summed E-state index contributed by atoms with van der Waals surface area (Å²) >= 11 is 0. The van der Waals surface area contributed by atoms with Crippen LogP contribution >= 0.6 is 7.60 Å². The van der Waals surface area contributed by atoms with E-state index in [0.717, 1.165) is 0 Å². The van der Waals surface area contributed by atoms with Crippen LogP contribution in [-0.2, 0) is 18.6 Å². The quantitative estimate of drug-likeness (QED) is 0.409. The largest absolute Gasteiger partial charge is 0.388 e. The topological polar surface area (TPSA) is 118 Å². The normalized spacial score (nSPS) is 28.5. The van der Waals surface area contributed by atoms with E-state index in [0.29, 0.717) is 6.42 Å². The van der Waals surface area contributed by atoms with Crippen LogP contribution in [0, 0.1) is 18.7 Å². The Balaban J connectivity index is 2.37. The first-order valence-electron chi connectivity index (χ1n) is 9.75. The molecule has 30 heavy (non-hydrogen) atoms. The molecule has 3 N–H and O–H groups in total. The van der Waals surface area contributed by atoms with Crippen molar-refractivity contribution in [2.45, 2.75) is 83.1 Å². The molecule has 0 aromatic carbocycles. The Morgan fingerprint density at radius 1 is 1.37 bits per heavy atom. The Hall–Kier alpha value is -1.16. The predicted octanol–water partition coefficient (Wildman–Crippen LogP) is 2.95. The van der Waals surface area contributed by atoms with E-state index in [2.05, 4.69) is 0 Å². The fraction of sp³-hybridized carbons (Fsp3) is 0.737. The number of aliphatic hydroxyl groups is 1. The van der Waals surface area contributed by atoms with Gasteiger partial charge in [0, 0.05) is 13.5 Å². The van der Waals surface area contributed by atoms with Crippen LogP contribution < -0.4 is 5.56 Å². The van der Waals surface area contributed by atoms with Crippen molar-refractivity contribution in [2.75, 3.05) is 7.11 Å². The van der Waals surface area contributed by atoms with E-state index in [9.17, 15) is 28.1 Å². The lowest BCUT2D eigenvalue weighted by atomic mass is 9.92. The highest BCUT2D eigenvalue weighted by molar-refractivity contribution is 7.53. The number of aromatic amines is 1. The third-order valence-electron chi connectivity index (χ3n) is 5.64. The molecule has 1 fully saturated rings. The molecule has 172 valence electrons. The second kappa shape index (κ2) is 9.14. The summed E-state index contributed by atoms with van der Waals surface area (Å²) in [6.45, 7) is 7.67. The maximum atomic E-state index is 14.7. The lowest BCUT2D eigenvalue weighted by Gasteiger charge is -2.34. The highest BCUT2D eigenvalue weighted by atomic mass is 31.2. The van der Waals surface area contributed by atoms with Gasteiger partial charge >= 0.3 is 7.60 Å². The third-order valence-corrected chi connectivity index (χ3v) is 7.65. The van der Waals surface area contributed by atoms with E-state index >= 15 is 0 Å². The smallest absolute Gasteiger partial charge is 0.331 e. The van der Waals surface area contributed by atoms with E-state index < -0.39 is 66.2 Å². The number of pyridine rings is 1. The molecule has 0 bridgehead atoms. The van der Waals surface area contributed by atoms with Gasteiger partial charge in [-0.25, -0.2) is 4.39 Å². The van der Waals surface area contributed by atoms with E-state index in [1.165, 1.54) is 14.0 Å². The zero-order chi connectivity index (χ0) is 23.0. The van der Waals surface area contributed by atoms with Crippen LogP contribution in [0.5, 0.6) is 0 Å². The minimum absolute atomic E-state index is 0.0239. The molecule has 2 heterocycles. The molecule has 1 aromatic rings. The number of aliphatic hydroxyl groups excluding tert-OH is 1. The van der Waals surface area contributed by atoms with E-state index in [-0.39, 0.29) is 12.0 Å². The van der Waals surface area contributed by atoms with Crippen molar-refractivity contribution in [3.8, 4) is 0 Å². The molecule has 0 radical (unpaired) electrons. The number of hydrogen-bond acceptors (Lipinski definition) is 6. The van der Waals surface area contributed by atoms with Gasteiger partial charge in [0.15, 0.2) is 0 Å². The minimum Gasteiger partial charge on any atom is -0.388 e. The highest BCUT2D eigenvalue weighted by Crippen LogP contribution is 2.53. The molecule has 0 saturated carbocycles. The Bertz CT molecular complexity index is 877. The van der Waals surface area contributed by atoms with Crippen molar-refractivity contribution in [1.82, 2.24) is 4.98 Å². The molecule has 8 nitrogen and oxygen atoms in total. The van der Waals surface area contributed by atoms with Crippen LogP contribution in [0.15, 0.2) is 4.79 Å². The van der Waals surface area contributed by atoms with Gasteiger partial charge in [-0.3, -0.25) is 14.3 Å². The fourth-order valence-electron chi connectivity index (χ4n) is 3.40. The second-order valence-corrected chi connectivity index (χ2v) is 10.5. The van der Waals surface area contributed by atoms with Crippen LogP contribution in [0.1, 0.15) is 57.8 Å². The molecule has 0 spiro atoms. The number of rotatable bonds is 8. The Kier molecular flexibility index (Phi) is 7.65. The molecule has 1 aromatic heterocycles. The molecule has 0 aliphatic carbocycles. The first-order chi connectivity index (χ1) is 13.8. The molecule has 6 unspecified atom stereocenters. The maximum Gasteiger partial charge on any atom is 0.331 e.